The van der Waals surface area contributed by atoms with E-state index >= 15 is 0 Å². The molecule has 23 heavy (non-hydrogen) atoms. The molecule has 0 aliphatic carbocycles. The Morgan fingerprint density at radius 1 is 1.48 bits per heavy atom. The van der Waals surface area contributed by atoms with E-state index in [0.29, 0.717) is 38.2 Å². The number of halogens is 2. The monoisotopic (exact) mass is 344 g/mol. The number of rotatable bonds is 5. The number of nitrogens with one attached hydrogen (secondary N) is 1. The molecule has 1 saturated heterocycles. The number of hydrogen-bond donors (Lipinski definition) is 2. The highest BCUT2D eigenvalue weighted by molar-refractivity contribution is 6.31. The van der Waals surface area contributed by atoms with Crippen LogP contribution in [0.3, 0.4) is 0 Å². The molecule has 126 valence electrons. The zero-order chi connectivity index (χ0) is 16.8. The van der Waals surface area contributed by atoms with Gasteiger partial charge in [-0.05, 0) is 18.6 Å². The number of carbonyl (C=O) groups excluding carboxylic acids is 1. The van der Waals surface area contributed by atoms with Crippen LogP contribution < -0.4 is 5.32 Å². The average molecular weight is 345 g/mol. The second-order valence-corrected chi connectivity index (χ2v) is 5.61. The van der Waals surface area contributed by atoms with E-state index < -0.39 is 17.9 Å². The van der Waals surface area contributed by atoms with E-state index in [1.54, 1.807) is 11.0 Å². The number of ether oxygens (including phenoxy) is 1. The molecule has 1 aromatic carbocycles. The summed E-state index contributed by atoms with van der Waals surface area (Å²) in [7, 11) is 0. The summed E-state index contributed by atoms with van der Waals surface area (Å²) in [5.74, 6) is -1.32. The quantitative estimate of drug-likeness (QED) is 0.804. The molecule has 8 heteroatoms. The minimum absolute atomic E-state index is 0.0111. The molecule has 0 saturated carbocycles. The first-order valence-electron chi connectivity index (χ1n) is 7.28. The van der Waals surface area contributed by atoms with Crippen LogP contribution in [0, 0.1) is 5.82 Å². The number of benzene rings is 1. The van der Waals surface area contributed by atoms with Gasteiger partial charge in [-0.3, -0.25) is 4.79 Å². The maximum atomic E-state index is 13.1. The number of morpholine rings is 1. The molecule has 1 aliphatic rings. The Balaban J connectivity index is 1.89. The summed E-state index contributed by atoms with van der Waals surface area (Å²) in [6, 6.07) is 3.79. The predicted molar refractivity (Wildman–Crippen MR) is 81.9 cm³/mol. The van der Waals surface area contributed by atoms with Gasteiger partial charge in [0.25, 0.3) is 0 Å². The molecule has 0 aromatic heterocycles. The third kappa shape index (κ3) is 5.07. The Labute approximate surface area is 138 Å². The Kier molecular flexibility index (Phi) is 6.18. The fourth-order valence-electron chi connectivity index (χ4n) is 2.33. The summed E-state index contributed by atoms with van der Waals surface area (Å²) in [6.45, 7) is 1.38. The van der Waals surface area contributed by atoms with Crippen LogP contribution in [0.4, 0.5) is 9.18 Å². The number of amides is 2. The molecule has 2 rings (SSSR count). The Bertz CT molecular complexity index is 585. The van der Waals surface area contributed by atoms with E-state index in [9.17, 15) is 14.0 Å². The molecular formula is C15H18ClFN2O4. The van der Waals surface area contributed by atoms with Gasteiger partial charge in [0.15, 0.2) is 0 Å². The normalized spacial score (nSPS) is 17.8. The van der Waals surface area contributed by atoms with Crippen LogP contribution in [0.2, 0.25) is 5.02 Å². The lowest BCUT2D eigenvalue weighted by Crippen LogP contribution is -2.47. The highest BCUT2D eigenvalue weighted by atomic mass is 35.5. The molecule has 1 fully saturated rings. The SMILES string of the molecule is O=C(O)CCCNC(=O)N1CCOC(c2ccc(F)cc2Cl)C1. The van der Waals surface area contributed by atoms with Gasteiger partial charge < -0.3 is 20.1 Å². The molecule has 1 atom stereocenters. The highest BCUT2D eigenvalue weighted by Crippen LogP contribution is 2.29. The minimum Gasteiger partial charge on any atom is -0.481 e. The van der Waals surface area contributed by atoms with E-state index in [1.807, 2.05) is 0 Å². The third-order valence-corrected chi connectivity index (χ3v) is 3.83. The molecule has 0 bridgehead atoms. The van der Waals surface area contributed by atoms with Gasteiger partial charge in [-0.15, -0.1) is 0 Å². The molecular weight excluding hydrogens is 327 g/mol. The molecule has 0 radical (unpaired) electrons. The summed E-state index contributed by atoms with van der Waals surface area (Å²) in [5.41, 5.74) is 0.636. The average Bonchev–Trinajstić information content (AvgIpc) is 2.51. The van der Waals surface area contributed by atoms with Crippen LogP contribution in [0.15, 0.2) is 18.2 Å². The van der Waals surface area contributed by atoms with Gasteiger partial charge >= 0.3 is 12.0 Å². The molecule has 2 amide bonds. The van der Waals surface area contributed by atoms with Gasteiger partial charge in [-0.25, -0.2) is 9.18 Å². The van der Waals surface area contributed by atoms with Crippen LogP contribution in [-0.2, 0) is 9.53 Å². The molecule has 1 unspecified atom stereocenters. The van der Waals surface area contributed by atoms with Crippen molar-refractivity contribution in [3.63, 3.8) is 0 Å². The number of urea groups is 1. The number of aliphatic carboxylic acids is 1. The Morgan fingerprint density at radius 2 is 2.26 bits per heavy atom. The maximum absolute atomic E-state index is 13.1. The molecule has 2 N–H and O–H groups in total. The van der Waals surface area contributed by atoms with Crippen molar-refractivity contribution in [2.45, 2.75) is 18.9 Å². The summed E-state index contributed by atoms with van der Waals surface area (Å²) >= 11 is 6.03. The fraction of sp³-hybridized carbons (Fsp3) is 0.467. The van der Waals surface area contributed by atoms with E-state index in [4.69, 9.17) is 21.4 Å². The first-order valence-corrected chi connectivity index (χ1v) is 7.66. The number of carboxylic acids is 1. The summed E-state index contributed by atoms with van der Waals surface area (Å²) < 4.78 is 18.7. The van der Waals surface area contributed by atoms with Crippen LogP contribution in [0.1, 0.15) is 24.5 Å². The maximum Gasteiger partial charge on any atom is 0.317 e. The molecule has 1 aliphatic heterocycles. The third-order valence-electron chi connectivity index (χ3n) is 3.51. The molecule has 1 aromatic rings. The number of carboxylic acid groups (broad SMARTS) is 1. The van der Waals surface area contributed by atoms with Crippen LogP contribution in [0.5, 0.6) is 0 Å². The Morgan fingerprint density at radius 3 is 2.96 bits per heavy atom. The number of hydrogen-bond acceptors (Lipinski definition) is 3. The second-order valence-electron chi connectivity index (χ2n) is 5.20. The van der Waals surface area contributed by atoms with E-state index in [0.717, 1.165) is 0 Å². The van der Waals surface area contributed by atoms with E-state index in [-0.39, 0.29) is 17.5 Å². The summed E-state index contributed by atoms with van der Waals surface area (Å²) in [6.07, 6.45) is -0.0304. The zero-order valence-electron chi connectivity index (χ0n) is 12.4. The lowest BCUT2D eigenvalue weighted by molar-refractivity contribution is -0.137. The first kappa shape index (κ1) is 17.5. The lowest BCUT2D eigenvalue weighted by Gasteiger charge is -2.33. The Hall–Kier alpha value is -1.86. The first-order chi connectivity index (χ1) is 11.0. The topological polar surface area (TPSA) is 78.9 Å². The van der Waals surface area contributed by atoms with Gasteiger partial charge in [-0.1, -0.05) is 17.7 Å². The van der Waals surface area contributed by atoms with Crippen molar-refractivity contribution in [1.82, 2.24) is 10.2 Å². The fourth-order valence-corrected chi connectivity index (χ4v) is 2.62. The summed E-state index contributed by atoms with van der Waals surface area (Å²) in [4.78, 5) is 24.1. The van der Waals surface area contributed by atoms with Gasteiger partial charge in [0, 0.05) is 30.1 Å². The van der Waals surface area contributed by atoms with Crippen molar-refractivity contribution >= 4 is 23.6 Å². The summed E-state index contributed by atoms with van der Waals surface area (Å²) in [5, 5.41) is 11.5. The van der Waals surface area contributed by atoms with Gasteiger partial charge in [-0.2, -0.15) is 0 Å². The zero-order valence-corrected chi connectivity index (χ0v) is 13.2. The predicted octanol–water partition coefficient (Wildman–Crippen LogP) is 2.43. The molecule has 1 heterocycles. The second kappa shape index (κ2) is 8.12. The van der Waals surface area contributed by atoms with E-state index in [2.05, 4.69) is 5.32 Å². The van der Waals surface area contributed by atoms with Crippen molar-refractivity contribution < 1.29 is 23.8 Å². The van der Waals surface area contributed by atoms with Crippen molar-refractivity contribution in [2.24, 2.45) is 0 Å². The van der Waals surface area contributed by atoms with Crippen LogP contribution >= 0.6 is 11.6 Å². The largest absolute Gasteiger partial charge is 0.481 e. The van der Waals surface area contributed by atoms with Crippen molar-refractivity contribution in [3.05, 3.63) is 34.6 Å². The molecule has 0 spiro atoms. The van der Waals surface area contributed by atoms with Crippen LogP contribution in [0.25, 0.3) is 0 Å². The standard InChI is InChI=1S/C15H18ClFN2O4/c16-12-8-10(17)3-4-11(12)13-9-19(6-7-23-13)15(22)18-5-1-2-14(20)21/h3-4,8,13H,1-2,5-7,9H2,(H,18,22)(H,20,21). The van der Waals surface area contributed by atoms with Crippen molar-refractivity contribution in [2.75, 3.05) is 26.2 Å². The lowest BCUT2D eigenvalue weighted by atomic mass is 10.1. The number of nitrogens with zero attached hydrogens (tertiary/aromatic N) is 1. The van der Waals surface area contributed by atoms with Crippen molar-refractivity contribution in [3.8, 4) is 0 Å². The van der Waals surface area contributed by atoms with Gasteiger partial charge in [0.2, 0.25) is 0 Å². The van der Waals surface area contributed by atoms with Crippen molar-refractivity contribution in [1.29, 1.82) is 0 Å². The number of carbonyl (C=O) groups is 2. The van der Waals surface area contributed by atoms with Crippen LogP contribution in [-0.4, -0.2) is 48.2 Å². The smallest absolute Gasteiger partial charge is 0.317 e. The minimum atomic E-state index is -0.892. The molecule has 6 nitrogen and oxygen atoms in total. The van der Waals surface area contributed by atoms with Gasteiger partial charge in [0.1, 0.15) is 11.9 Å². The highest BCUT2D eigenvalue weighted by Gasteiger charge is 2.26. The van der Waals surface area contributed by atoms with E-state index in [1.165, 1.54) is 12.1 Å². The van der Waals surface area contributed by atoms with Gasteiger partial charge in [0.05, 0.1) is 13.2 Å².